The molecule has 2 aromatic carbocycles. The van der Waals surface area contributed by atoms with Gasteiger partial charge >= 0.3 is 0 Å². The summed E-state index contributed by atoms with van der Waals surface area (Å²) in [7, 11) is 5.34. The van der Waals surface area contributed by atoms with E-state index < -0.39 is 5.41 Å². The Kier molecular flexibility index (Phi) is 9.50. The van der Waals surface area contributed by atoms with Crippen molar-refractivity contribution >= 4 is 23.2 Å². The lowest BCUT2D eigenvalue weighted by Gasteiger charge is -2.32. The molecule has 0 amide bonds. The predicted molar refractivity (Wildman–Crippen MR) is 129 cm³/mol. The van der Waals surface area contributed by atoms with Crippen molar-refractivity contribution in [3.05, 3.63) is 57.6 Å². The van der Waals surface area contributed by atoms with Crippen LogP contribution in [0.1, 0.15) is 37.8 Å². The summed E-state index contributed by atoms with van der Waals surface area (Å²) in [6.07, 6.45) is 2.59. The Bertz CT molecular complexity index is 911. The molecule has 1 unspecified atom stereocenters. The van der Waals surface area contributed by atoms with E-state index >= 15 is 0 Å². The fraction of sp³-hybridized carbons (Fsp3) is 0.480. The van der Waals surface area contributed by atoms with Crippen LogP contribution in [0.15, 0.2) is 36.4 Å². The van der Waals surface area contributed by atoms with Gasteiger partial charge in [-0.3, -0.25) is 0 Å². The Balaban J connectivity index is 2.03. The van der Waals surface area contributed by atoms with Gasteiger partial charge in [0, 0.05) is 6.54 Å². The summed E-state index contributed by atoms with van der Waals surface area (Å²) in [5.41, 5.74) is 1.56. The smallest absolute Gasteiger partial charge is 0.161 e. The van der Waals surface area contributed by atoms with Crippen molar-refractivity contribution in [2.24, 2.45) is 5.92 Å². The number of hydrogen-bond acceptors (Lipinski definition) is 4. The van der Waals surface area contributed by atoms with Gasteiger partial charge in [-0.05, 0) is 74.2 Å². The van der Waals surface area contributed by atoms with Gasteiger partial charge in [0.1, 0.15) is 0 Å². The molecule has 0 fully saturated rings. The lowest BCUT2D eigenvalue weighted by molar-refractivity contribution is 0.292. The van der Waals surface area contributed by atoms with Gasteiger partial charge in [-0.25, -0.2) is 0 Å². The van der Waals surface area contributed by atoms with Gasteiger partial charge in [0.25, 0.3) is 0 Å². The minimum absolute atomic E-state index is 0.164. The zero-order valence-corrected chi connectivity index (χ0v) is 20.6. The molecule has 0 heterocycles. The average Bonchev–Trinajstić information content (AvgIpc) is 2.77. The van der Waals surface area contributed by atoms with Crippen LogP contribution in [0, 0.1) is 17.2 Å². The first-order chi connectivity index (χ1) is 14.8. The summed E-state index contributed by atoms with van der Waals surface area (Å²) in [4.78, 5) is 2.29. The summed E-state index contributed by atoms with van der Waals surface area (Å²) in [6, 6.07) is 14.2. The van der Waals surface area contributed by atoms with Crippen LogP contribution in [0.5, 0.6) is 11.5 Å². The highest BCUT2D eigenvalue weighted by Crippen LogP contribution is 2.40. The van der Waals surface area contributed by atoms with Crippen LogP contribution < -0.4 is 9.47 Å². The number of nitrogens with zero attached hydrogens (tertiary/aromatic N) is 2. The third kappa shape index (κ3) is 6.29. The largest absolute Gasteiger partial charge is 0.493 e. The van der Waals surface area contributed by atoms with Crippen LogP contribution in [0.3, 0.4) is 0 Å². The van der Waals surface area contributed by atoms with Crippen LogP contribution in [0.2, 0.25) is 10.0 Å². The van der Waals surface area contributed by atoms with Crippen molar-refractivity contribution in [1.82, 2.24) is 4.90 Å². The third-order valence-corrected chi connectivity index (χ3v) is 6.70. The van der Waals surface area contributed by atoms with Gasteiger partial charge in [-0.1, -0.05) is 49.2 Å². The van der Waals surface area contributed by atoms with E-state index in [1.807, 2.05) is 36.4 Å². The molecule has 1 atom stereocenters. The summed E-state index contributed by atoms with van der Waals surface area (Å²) in [5, 5.41) is 11.4. The topological polar surface area (TPSA) is 45.5 Å². The van der Waals surface area contributed by atoms with Crippen LogP contribution in [-0.2, 0) is 11.8 Å². The maximum Gasteiger partial charge on any atom is 0.161 e. The highest BCUT2D eigenvalue weighted by Gasteiger charge is 2.36. The molecule has 2 aromatic rings. The highest BCUT2D eigenvalue weighted by molar-refractivity contribution is 6.42. The molecule has 0 radical (unpaired) electrons. The molecule has 0 saturated carbocycles. The standard InChI is InChI=1S/C25H32Cl2N2O2/c1-18(2)25(17-28,20-8-10-23(30-4)24(16-20)31-5)12-6-13-29(3)14-11-19-7-9-21(26)22(27)15-19/h7-10,15-16,18H,6,11-14H2,1-5H3. The number of rotatable bonds is 11. The van der Waals surface area contributed by atoms with E-state index in [1.165, 1.54) is 5.56 Å². The maximum absolute atomic E-state index is 10.2. The zero-order chi connectivity index (χ0) is 23.0. The van der Waals surface area contributed by atoms with E-state index in [9.17, 15) is 5.26 Å². The number of nitriles is 1. The zero-order valence-electron chi connectivity index (χ0n) is 19.0. The molecule has 0 bridgehead atoms. The van der Waals surface area contributed by atoms with Gasteiger partial charge in [0.2, 0.25) is 0 Å². The molecule has 6 heteroatoms. The Labute approximate surface area is 196 Å². The van der Waals surface area contributed by atoms with Crippen molar-refractivity contribution in [2.45, 2.75) is 38.5 Å². The molecule has 0 aliphatic heterocycles. The molecule has 168 valence electrons. The summed E-state index contributed by atoms with van der Waals surface area (Å²) < 4.78 is 10.8. The fourth-order valence-corrected chi connectivity index (χ4v) is 4.21. The number of hydrogen-bond donors (Lipinski definition) is 0. The summed E-state index contributed by atoms with van der Waals surface area (Å²) in [5.74, 6) is 1.49. The second-order valence-electron chi connectivity index (χ2n) is 8.21. The molecule has 0 saturated heterocycles. The molecule has 0 spiro atoms. The van der Waals surface area contributed by atoms with Crippen molar-refractivity contribution in [1.29, 1.82) is 5.26 Å². The SMILES string of the molecule is COc1ccc(C(C#N)(CCCN(C)CCc2ccc(Cl)c(Cl)c2)C(C)C)cc1OC. The molecule has 0 aliphatic rings. The minimum atomic E-state index is -0.579. The Morgan fingerprint density at radius 2 is 1.71 bits per heavy atom. The normalized spacial score (nSPS) is 13.2. The first-order valence-corrected chi connectivity index (χ1v) is 11.3. The minimum Gasteiger partial charge on any atom is -0.493 e. The molecular formula is C25H32Cl2N2O2. The van der Waals surface area contributed by atoms with Gasteiger partial charge in [0.05, 0.1) is 35.7 Å². The van der Waals surface area contributed by atoms with Crippen LogP contribution in [-0.4, -0.2) is 39.3 Å². The lowest BCUT2D eigenvalue weighted by Crippen LogP contribution is -2.32. The van der Waals surface area contributed by atoms with Crippen LogP contribution >= 0.6 is 23.2 Å². The first-order valence-electron chi connectivity index (χ1n) is 10.5. The van der Waals surface area contributed by atoms with E-state index in [0.29, 0.717) is 21.5 Å². The van der Waals surface area contributed by atoms with E-state index in [2.05, 4.69) is 31.9 Å². The third-order valence-electron chi connectivity index (χ3n) is 5.96. The van der Waals surface area contributed by atoms with Gasteiger partial charge < -0.3 is 14.4 Å². The van der Waals surface area contributed by atoms with E-state index in [1.54, 1.807) is 14.2 Å². The fourth-order valence-electron chi connectivity index (χ4n) is 3.88. The van der Waals surface area contributed by atoms with Gasteiger partial charge in [-0.15, -0.1) is 0 Å². The molecule has 4 nitrogen and oxygen atoms in total. The van der Waals surface area contributed by atoms with Crippen molar-refractivity contribution in [2.75, 3.05) is 34.4 Å². The number of ether oxygens (including phenoxy) is 2. The van der Waals surface area contributed by atoms with E-state index in [4.69, 9.17) is 32.7 Å². The molecular weight excluding hydrogens is 431 g/mol. The van der Waals surface area contributed by atoms with Crippen LogP contribution in [0.25, 0.3) is 0 Å². The predicted octanol–water partition coefficient (Wildman–Crippen LogP) is 6.38. The summed E-state index contributed by atoms with van der Waals surface area (Å²) in [6.45, 7) is 6.03. The second-order valence-corrected chi connectivity index (χ2v) is 9.03. The highest BCUT2D eigenvalue weighted by atomic mass is 35.5. The van der Waals surface area contributed by atoms with E-state index in [0.717, 1.165) is 37.9 Å². The Morgan fingerprint density at radius 3 is 2.29 bits per heavy atom. The molecule has 0 N–H and O–H groups in total. The van der Waals surface area contributed by atoms with Crippen LogP contribution in [0.4, 0.5) is 0 Å². The van der Waals surface area contributed by atoms with Crippen molar-refractivity contribution < 1.29 is 9.47 Å². The Hall–Kier alpha value is -1.93. The number of benzene rings is 2. The molecule has 2 rings (SSSR count). The maximum atomic E-state index is 10.2. The lowest BCUT2D eigenvalue weighted by atomic mass is 9.69. The van der Waals surface area contributed by atoms with Gasteiger partial charge in [-0.2, -0.15) is 5.26 Å². The van der Waals surface area contributed by atoms with Crippen molar-refractivity contribution in [3.8, 4) is 17.6 Å². The first kappa shape index (κ1) is 25.3. The Morgan fingerprint density at radius 1 is 1.00 bits per heavy atom. The summed E-state index contributed by atoms with van der Waals surface area (Å²) >= 11 is 12.1. The second kappa shape index (κ2) is 11.6. The molecule has 0 aromatic heterocycles. The van der Waals surface area contributed by atoms with Crippen molar-refractivity contribution in [3.63, 3.8) is 0 Å². The number of halogens is 2. The number of methoxy groups -OCH3 is 2. The van der Waals surface area contributed by atoms with Gasteiger partial charge in [0.15, 0.2) is 11.5 Å². The monoisotopic (exact) mass is 462 g/mol. The molecule has 0 aliphatic carbocycles. The van der Waals surface area contributed by atoms with E-state index in [-0.39, 0.29) is 5.92 Å². The quantitative estimate of drug-likeness (QED) is 0.388. The molecule has 31 heavy (non-hydrogen) atoms. The number of likely N-dealkylation sites (N-methyl/N-ethyl adjacent to an activating group) is 1. The average molecular weight is 463 g/mol.